The lowest BCUT2D eigenvalue weighted by Gasteiger charge is -2.05. The molecule has 0 saturated heterocycles. The standard InChI is InChI=1S/C17H14BrNO2S/c1-12-3-4-14(13(2)9-12)10-17(11-19)22(20,21)16-7-5-15(18)6-8-16/h3-10H,1-2H3/b17-10+. The number of halogens is 1. The number of hydrogen-bond acceptors (Lipinski definition) is 3. The van der Waals surface area contributed by atoms with Crippen LogP contribution in [0.1, 0.15) is 16.7 Å². The Balaban J connectivity index is 2.53. The number of allylic oxidation sites excluding steroid dienone is 1. The molecule has 2 rings (SSSR count). The molecule has 0 atom stereocenters. The van der Waals surface area contributed by atoms with E-state index in [9.17, 15) is 13.7 Å². The first-order chi connectivity index (χ1) is 10.3. The van der Waals surface area contributed by atoms with Crippen LogP contribution in [-0.4, -0.2) is 8.42 Å². The minimum absolute atomic E-state index is 0.105. The van der Waals surface area contributed by atoms with Gasteiger partial charge in [0.2, 0.25) is 9.84 Å². The fourth-order valence-corrected chi connectivity index (χ4v) is 3.45. The molecule has 0 spiro atoms. The van der Waals surface area contributed by atoms with Gasteiger partial charge in [0.1, 0.15) is 11.0 Å². The molecule has 0 saturated carbocycles. The fraction of sp³-hybridized carbons (Fsp3) is 0.118. The van der Waals surface area contributed by atoms with Gasteiger partial charge in [-0.05, 0) is 55.3 Å². The number of benzene rings is 2. The van der Waals surface area contributed by atoms with E-state index < -0.39 is 9.84 Å². The Hall–Kier alpha value is -1.90. The molecule has 2 aromatic rings. The van der Waals surface area contributed by atoms with Crippen LogP contribution in [0.2, 0.25) is 0 Å². The van der Waals surface area contributed by atoms with Crippen LogP contribution in [0.5, 0.6) is 0 Å². The summed E-state index contributed by atoms with van der Waals surface area (Å²) in [6, 6.07) is 13.7. The van der Waals surface area contributed by atoms with E-state index in [-0.39, 0.29) is 9.80 Å². The van der Waals surface area contributed by atoms with Gasteiger partial charge in [-0.25, -0.2) is 8.42 Å². The summed E-state index contributed by atoms with van der Waals surface area (Å²) in [4.78, 5) is -0.157. The number of aryl methyl sites for hydroxylation is 2. The molecule has 3 nitrogen and oxygen atoms in total. The predicted molar refractivity (Wildman–Crippen MR) is 90.8 cm³/mol. The van der Waals surface area contributed by atoms with E-state index in [0.29, 0.717) is 0 Å². The molecule has 0 unspecified atom stereocenters. The second kappa shape index (κ2) is 6.47. The van der Waals surface area contributed by atoms with Crippen molar-refractivity contribution >= 4 is 31.8 Å². The molecule has 0 radical (unpaired) electrons. The highest BCUT2D eigenvalue weighted by molar-refractivity contribution is 9.10. The SMILES string of the molecule is Cc1ccc(/C=C(\C#N)S(=O)(=O)c2ccc(Br)cc2)c(C)c1. The van der Waals surface area contributed by atoms with Crippen LogP contribution in [0.4, 0.5) is 0 Å². The highest BCUT2D eigenvalue weighted by Gasteiger charge is 2.20. The first-order valence-corrected chi connectivity index (χ1v) is 8.82. The molecule has 5 heteroatoms. The van der Waals surface area contributed by atoms with Gasteiger partial charge in [-0.15, -0.1) is 0 Å². The molecule has 0 aromatic heterocycles. The van der Waals surface area contributed by atoms with Gasteiger partial charge in [-0.1, -0.05) is 39.7 Å². The number of sulfone groups is 1. The first-order valence-electron chi connectivity index (χ1n) is 6.54. The molecule has 0 aliphatic carbocycles. The van der Waals surface area contributed by atoms with E-state index in [4.69, 9.17) is 0 Å². The van der Waals surface area contributed by atoms with Crippen LogP contribution in [0.3, 0.4) is 0 Å². The van der Waals surface area contributed by atoms with Crippen LogP contribution in [0.25, 0.3) is 6.08 Å². The summed E-state index contributed by atoms with van der Waals surface area (Å²) >= 11 is 3.26. The molecule has 0 aliphatic heterocycles. The number of nitrogens with zero attached hydrogens (tertiary/aromatic N) is 1. The third-order valence-corrected chi connectivity index (χ3v) is 5.45. The fourth-order valence-electron chi connectivity index (χ4n) is 2.04. The molecule has 0 bridgehead atoms. The van der Waals surface area contributed by atoms with Crippen molar-refractivity contribution in [2.75, 3.05) is 0 Å². The highest BCUT2D eigenvalue weighted by atomic mass is 79.9. The molecule has 22 heavy (non-hydrogen) atoms. The normalized spacial score (nSPS) is 12.0. The molecule has 0 amide bonds. The van der Waals surface area contributed by atoms with Gasteiger partial charge in [0.15, 0.2) is 0 Å². The van der Waals surface area contributed by atoms with Crippen molar-refractivity contribution in [1.82, 2.24) is 0 Å². The van der Waals surface area contributed by atoms with Crippen molar-refractivity contribution in [3.63, 3.8) is 0 Å². The summed E-state index contributed by atoms with van der Waals surface area (Å²) in [6.07, 6.45) is 1.42. The van der Waals surface area contributed by atoms with Gasteiger partial charge < -0.3 is 0 Å². The Kier molecular flexibility index (Phi) is 4.84. The number of rotatable bonds is 3. The summed E-state index contributed by atoms with van der Waals surface area (Å²) < 4.78 is 25.9. The third kappa shape index (κ3) is 3.46. The Labute approximate surface area is 139 Å². The topological polar surface area (TPSA) is 57.9 Å². The summed E-state index contributed by atoms with van der Waals surface area (Å²) in [5.74, 6) is 0. The molecule has 112 valence electrons. The van der Waals surface area contributed by atoms with Crippen LogP contribution in [-0.2, 0) is 9.84 Å². The van der Waals surface area contributed by atoms with Crippen molar-refractivity contribution in [3.8, 4) is 6.07 Å². The summed E-state index contributed by atoms with van der Waals surface area (Å²) in [5.41, 5.74) is 2.74. The third-order valence-electron chi connectivity index (χ3n) is 3.24. The quantitative estimate of drug-likeness (QED) is 0.746. The van der Waals surface area contributed by atoms with E-state index in [2.05, 4.69) is 15.9 Å². The second-order valence-corrected chi connectivity index (χ2v) is 7.77. The Morgan fingerprint density at radius 2 is 1.77 bits per heavy atom. The summed E-state index contributed by atoms with van der Waals surface area (Å²) in [6.45, 7) is 3.85. The van der Waals surface area contributed by atoms with E-state index in [1.54, 1.807) is 12.1 Å². The van der Waals surface area contributed by atoms with Crippen LogP contribution in [0, 0.1) is 25.2 Å². The van der Waals surface area contributed by atoms with Gasteiger partial charge in [-0.2, -0.15) is 5.26 Å². The smallest absolute Gasteiger partial charge is 0.216 e. The molecule has 0 fully saturated rings. The Bertz CT molecular complexity index is 876. The second-order valence-electron chi connectivity index (χ2n) is 4.94. The minimum atomic E-state index is -3.81. The van der Waals surface area contributed by atoms with Crippen molar-refractivity contribution in [2.24, 2.45) is 0 Å². The van der Waals surface area contributed by atoms with Crippen LogP contribution in [0.15, 0.2) is 56.7 Å². The van der Waals surface area contributed by atoms with Crippen LogP contribution < -0.4 is 0 Å². The first kappa shape index (κ1) is 16.5. The van der Waals surface area contributed by atoms with E-state index in [0.717, 1.165) is 21.2 Å². The van der Waals surface area contributed by atoms with Crippen LogP contribution >= 0.6 is 15.9 Å². The van der Waals surface area contributed by atoms with Crippen molar-refractivity contribution < 1.29 is 8.42 Å². The lowest BCUT2D eigenvalue weighted by Crippen LogP contribution is -2.03. The van der Waals surface area contributed by atoms with Crippen molar-refractivity contribution in [2.45, 2.75) is 18.7 Å². The highest BCUT2D eigenvalue weighted by Crippen LogP contribution is 2.24. The molecule has 0 N–H and O–H groups in total. The monoisotopic (exact) mass is 375 g/mol. The lowest BCUT2D eigenvalue weighted by atomic mass is 10.1. The van der Waals surface area contributed by atoms with Gasteiger partial charge in [0, 0.05) is 4.47 Å². The van der Waals surface area contributed by atoms with Gasteiger partial charge in [0.25, 0.3) is 0 Å². The number of nitriles is 1. The molecular weight excluding hydrogens is 362 g/mol. The van der Waals surface area contributed by atoms with E-state index >= 15 is 0 Å². The Morgan fingerprint density at radius 1 is 1.14 bits per heavy atom. The average Bonchev–Trinajstić information content (AvgIpc) is 2.46. The van der Waals surface area contributed by atoms with Crippen molar-refractivity contribution in [1.29, 1.82) is 5.26 Å². The maximum Gasteiger partial charge on any atom is 0.216 e. The zero-order chi connectivity index (χ0) is 16.3. The van der Waals surface area contributed by atoms with Gasteiger partial charge in [0.05, 0.1) is 4.90 Å². The zero-order valence-electron chi connectivity index (χ0n) is 12.2. The summed E-state index contributed by atoms with van der Waals surface area (Å²) in [7, 11) is -3.81. The van der Waals surface area contributed by atoms with E-state index in [1.165, 1.54) is 18.2 Å². The minimum Gasteiger partial charge on any atom is -0.218 e. The Morgan fingerprint density at radius 3 is 2.32 bits per heavy atom. The largest absolute Gasteiger partial charge is 0.218 e. The predicted octanol–water partition coefficient (Wildman–Crippen LogP) is 4.40. The van der Waals surface area contributed by atoms with Crippen molar-refractivity contribution in [3.05, 3.63) is 68.5 Å². The molecule has 0 heterocycles. The molecular formula is C17H14BrNO2S. The summed E-state index contributed by atoms with van der Waals surface area (Å²) in [5, 5.41) is 9.28. The zero-order valence-corrected chi connectivity index (χ0v) is 14.6. The molecule has 2 aromatic carbocycles. The maximum atomic E-state index is 12.6. The van der Waals surface area contributed by atoms with Gasteiger partial charge in [-0.3, -0.25) is 0 Å². The number of hydrogen-bond donors (Lipinski definition) is 0. The molecule has 0 aliphatic rings. The van der Waals surface area contributed by atoms with Gasteiger partial charge >= 0.3 is 0 Å². The lowest BCUT2D eigenvalue weighted by molar-refractivity contribution is 0.603. The van der Waals surface area contributed by atoms with E-state index in [1.807, 2.05) is 38.1 Å². The maximum absolute atomic E-state index is 12.6. The average molecular weight is 376 g/mol.